The van der Waals surface area contributed by atoms with Gasteiger partial charge in [-0.2, -0.15) is 11.8 Å². The minimum absolute atomic E-state index is 0.0995. The third-order valence-corrected chi connectivity index (χ3v) is 3.43. The van der Waals surface area contributed by atoms with Crippen LogP contribution in [0.2, 0.25) is 0 Å². The molecule has 0 aromatic rings. The summed E-state index contributed by atoms with van der Waals surface area (Å²) >= 11 is 1.76. The average molecular weight is 176 g/mol. The van der Waals surface area contributed by atoms with Gasteiger partial charge < -0.3 is 10.2 Å². The Bertz CT molecular complexity index is 99.5. The maximum atomic E-state index is 8.99. The Morgan fingerprint density at radius 3 is 2.64 bits per heavy atom. The molecule has 1 saturated carbocycles. The van der Waals surface area contributed by atoms with Gasteiger partial charge in [-0.3, -0.25) is 0 Å². The molecular formula is C8H16O2S. The van der Waals surface area contributed by atoms with E-state index in [1.54, 1.807) is 11.8 Å². The van der Waals surface area contributed by atoms with Crippen LogP contribution in [-0.2, 0) is 0 Å². The zero-order valence-electron chi connectivity index (χ0n) is 6.70. The van der Waals surface area contributed by atoms with Gasteiger partial charge in [-0.15, -0.1) is 0 Å². The van der Waals surface area contributed by atoms with Crippen LogP contribution < -0.4 is 0 Å². The Morgan fingerprint density at radius 1 is 1.45 bits per heavy atom. The molecule has 0 aromatic carbocycles. The summed E-state index contributed by atoms with van der Waals surface area (Å²) in [6, 6.07) is 0. The van der Waals surface area contributed by atoms with E-state index in [-0.39, 0.29) is 6.61 Å². The lowest BCUT2D eigenvalue weighted by Crippen LogP contribution is -2.18. The highest BCUT2D eigenvalue weighted by atomic mass is 32.2. The van der Waals surface area contributed by atoms with E-state index in [2.05, 4.69) is 0 Å². The van der Waals surface area contributed by atoms with Crippen LogP contribution in [-0.4, -0.2) is 34.4 Å². The summed E-state index contributed by atoms with van der Waals surface area (Å²) in [5.41, 5.74) is 0. The van der Waals surface area contributed by atoms with E-state index in [4.69, 9.17) is 10.2 Å². The van der Waals surface area contributed by atoms with Crippen molar-refractivity contribution >= 4 is 11.8 Å². The molecule has 0 saturated heterocycles. The molecule has 0 aromatic heterocycles. The second kappa shape index (κ2) is 5.01. The van der Waals surface area contributed by atoms with Crippen molar-refractivity contribution in [2.45, 2.75) is 25.4 Å². The summed E-state index contributed by atoms with van der Waals surface area (Å²) in [6.45, 7) is -0.0995. The molecule has 66 valence electrons. The standard InChI is InChI=1S/C8H16O2S/c9-4-8(10)6-11-5-7-2-1-3-7/h7-10H,1-6H2. The average Bonchev–Trinajstić information content (AvgIpc) is 1.94. The van der Waals surface area contributed by atoms with Crippen LogP contribution in [0, 0.1) is 5.92 Å². The van der Waals surface area contributed by atoms with Crippen molar-refractivity contribution in [1.29, 1.82) is 0 Å². The van der Waals surface area contributed by atoms with E-state index in [1.165, 1.54) is 19.3 Å². The molecule has 3 heteroatoms. The highest BCUT2D eigenvalue weighted by molar-refractivity contribution is 7.99. The second-order valence-corrected chi connectivity index (χ2v) is 4.25. The second-order valence-electron chi connectivity index (χ2n) is 3.17. The zero-order valence-corrected chi connectivity index (χ0v) is 7.52. The largest absolute Gasteiger partial charge is 0.394 e. The van der Waals surface area contributed by atoms with Crippen LogP contribution in [0.15, 0.2) is 0 Å². The van der Waals surface area contributed by atoms with Crippen molar-refractivity contribution in [3.8, 4) is 0 Å². The third-order valence-electron chi connectivity index (χ3n) is 2.10. The zero-order chi connectivity index (χ0) is 8.10. The van der Waals surface area contributed by atoms with Crippen LogP contribution in [0.1, 0.15) is 19.3 Å². The van der Waals surface area contributed by atoms with E-state index >= 15 is 0 Å². The number of aliphatic hydroxyl groups excluding tert-OH is 2. The number of thioether (sulfide) groups is 1. The van der Waals surface area contributed by atoms with Crippen molar-refractivity contribution in [2.75, 3.05) is 18.1 Å². The molecule has 1 unspecified atom stereocenters. The predicted molar refractivity (Wildman–Crippen MR) is 47.8 cm³/mol. The van der Waals surface area contributed by atoms with Gasteiger partial charge in [0.15, 0.2) is 0 Å². The van der Waals surface area contributed by atoms with Gasteiger partial charge in [-0.25, -0.2) is 0 Å². The first-order chi connectivity index (χ1) is 5.33. The highest BCUT2D eigenvalue weighted by Crippen LogP contribution is 2.29. The molecule has 1 atom stereocenters. The van der Waals surface area contributed by atoms with Crippen molar-refractivity contribution in [3.05, 3.63) is 0 Å². The maximum absolute atomic E-state index is 8.99. The lowest BCUT2D eigenvalue weighted by Gasteiger charge is -2.24. The fraction of sp³-hybridized carbons (Fsp3) is 1.00. The lowest BCUT2D eigenvalue weighted by molar-refractivity contribution is 0.113. The summed E-state index contributed by atoms with van der Waals surface area (Å²) in [6.07, 6.45) is 3.60. The first-order valence-electron chi connectivity index (χ1n) is 4.19. The number of aliphatic hydroxyl groups is 2. The number of hydrogen-bond acceptors (Lipinski definition) is 3. The van der Waals surface area contributed by atoms with Gasteiger partial charge in [-0.1, -0.05) is 6.42 Å². The smallest absolute Gasteiger partial charge is 0.0861 e. The third kappa shape index (κ3) is 3.45. The highest BCUT2D eigenvalue weighted by Gasteiger charge is 2.17. The van der Waals surface area contributed by atoms with Crippen molar-refractivity contribution in [2.24, 2.45) is 5.92 Å². The van der Waals surface area contributed by atoms with Crippen molar-refractivity contribution < 1.29 is 10.2 Å². The van der Waals surface area contributed by atoms with Crippen LogP contribution >= 0.6 is 11.8 Å². The first kappa shape index (κ1) is 9.36. The van der Waals surface area contributed by atoms with Gasteiger partial charge in [0, 0.05) is 5.75 Å². The molecule has 0 heterocycles. The molecule has 0 bridgehead atoms. The minimum Gasteiger partial charge on any atom is -0.394 e. The molecule has 1 rings (SSSR count). The maximum Gasteiger partial charge on any atom is 0.0861 e. The Labute approximate surface area is 72.0 Å². The van der Waals surface area contributed by atoms with Gasteiger partial charge in [0.05, 0.1) is 12.7 Å². The summed E-state index contributed by atoms with van der Waals surface area (Å²) in [5.74, 6) is 2.75. The topological polar surface area (TPSA) is 40.5 Å². The summed E-state index contributed by atoms with van der Waals surface area (Å²) < 4.78 is 0. The Kier molecular flexibility index (Phi) is 4.26. The Hall–Kier alpha value is 0.270. The van der Waals surface area contributed by atoms with E-state index in [9.17, 15) is 0 Å². The molecule has 1 fully saturated rings. The van der Waals surface area contributed by atoms with Crippen LogP contribution in [0.3, 0.4) is 0 Å². The quantitative estimate of drug-likeness (QED) is 0.653. The molecule has 0 aliphatic heterocycles. The Morgan fingerprint density at radius 2 is 2.18 bits per heavy atom. The molecule has 0 amide bonds. The summed E-state index contributed by atoms with van der Waals surface area (Å²) in [5, 5.41) is 17.5. The monoisotopic (exact) mass is 176 g/mol. The summed E-state index contributed by atoms with van der Waals surface area (Å²) in [4.78, 5) is 0. The van der Waals surface area contributed by atoms with E-state index in [0.717, 1.165) is 11.7 Å². The number of hydrogen-bond donors (Lipinski definition) is 2. The number of rotatable bonds is 5. The van der Waals surface area contributed by atoms with E-state index < -0.39 is 6.10 Å². The van der Waals surface area contributed by atoms with Gasteiger partial charge in [0.1, 0.15) is 0 Å². The van der Waals surface area contributed by atoms with Crippen molar-refractivity contribution in [1.82, 2.24) is 0 Å². The molecule has 1 aliphatic carbocycles. The molecular weight excluding hydrogens is 160 g/mol. The SMILES string of the molecule is OCC(O)CSCC1CCC1. The summed E-state index contributed by atoms with van der Waals surface area (Å²) in [7, 11) is 0. The van der Waals surface area contributed by atoms with Crippen molar-refractivity contribution in [3.63, 3.8) is 0 Å². The minimum atomic E-state index is -0.514. The van der Waals surface area contributed by atoms with Crippen LogP contribution in [0.4, 0.5) is 0 Å². The lowest BCUT2D eigenvalue weighted by atomic mass is 9.87. The van der Waals surface area contributed by atoms with Gasteiger partial charge >= 0.3 is 0 Å². The van der Waals surface area contributed by atoms with Gasteiger partial charge in [0.2, 0.25) is 0 Å². The first-order valence-corrected chi connectivity index (χ1v) is 5.35. The van der Waals surface area contributed by atoms with Gasteiger partial charge in [0.25, 0.3) is 0 Å². The fourth-order valence-electron chi connectivity index (χ4n) is 1.08. The van der Waals surface area contributed by atoms with Crippen LogP contribution in [0.5, 0.6) is 0 Å². The molecule has 2 nitrogen and oxygen atoms in total. The van der Waals surface area contributed by atoms with E-state index in [0.29, 0.717) is 5.75 Å². The molecule has 2 N–H and O–H groups in total. The molecule has 1 aliphatic rings. The molecule has 0 radical (unpaired) electrons. The van der Waals surface area contributed by atoms with Crippen LogP contribution in [0.25, 0.3) is 0 Å². The predicted octanol–water partition coefficient (Wildman–Crippen LogP) is 0.873. The Balaban J connectivity index is 1.86. The molecule has 11 heavy (non-hydrogen) atoms. The molecule has 0 spiro atoms. The fourth-order valence-corrected chi connectivity index (χ4v) is 2.26. The van der Waals surface area contributed by atoms with Gasteiger partial charge in [-0.05, 0) is 24.5 Å². The van der Waals surface area contributed by atoms with E-state index in [1.807, 2.05) is 0 Å². The normalized spacial score (nSPS) is 21.3.